The molecular formula is C15H19ClN2S. The minimum Gasteiger partial charge on any atom is -0.359 e. The molecule has 2 aromatic rings. The summed E-state index contributed by atoms with van der Waals surface area (Å²) in [6, 6.07) is 6.45. The van der Waals surface area contributed by atoms with Gasteiger partial charge in [-0.2, -0.15) is 0 Å². The third-order valence-corrected chi connectivity index (χ3v) is 5.04. The maximum absolute atomic E-state index is 6.02. The summed E-state index contributed by atoms with van der Waals surface area (Å²) in [5, 5.41) is 5.43. The first-order chi connectivity index (χ1) is 9.10. The molecule has 0 amide bonds. The van der Waals surface area contributed by atoms with E-state index in [0.717, 1.165) is 32.2 Å². The summed E-state index contributed by atoms with van der Waals surface area (Å²) in [5.74, 6) is 1.62. The van der Waals surface area contributed by atoms with Crippen LogP contribution >= 0.6 is 22.9 Å². The minimum absolute atomic E-state index is 0.565. The molecule has 4 heteroatoms. The van der Waals surface area contributed by atoms with Crippen molar-refractivity contribution in [2.75, 3.05) is 5.32 Å². The Balaban J connectivity index is 1.77. The molecule has 1 aromatic carbocycles. The smallest absolute Gasteiger partial charge is 0.184 e. The zero-order chi connectivity index (χ0) is 13.4. The van der Waals surface area contributed by atoms with Crippen LogP contribution in [0.3, 0.4) is 0 Å². The fourth-order valence-electron chi connectivity index (χ4n) is 3.20. The molecule has 1 aliphatic rings. The van der Waals surface area contributed by atoms with Gasteiger partial charge in [0, 0.05) is 11.1 Å². The normalized spacial score (nSPS) is 27.6. The number of halogens is 1. The van der Waals surface area contributed by atoms with E-state index in [1.807, 2.05) is 18.2 Å². The maximum Gasteiger partial charge on any atom is 0.184 e. The summed E-state index contributed by atoms with van der Waals surface area (Å²) in [7, 11) is 0. The molecule has 3 rings (SSSR count). The Morgan fingerprint density at radius 2 is 1.95 bits per heavy atom. The van der Waals surface area contributed by atoms with E-state index in [0.29, 0.717) is 6.04 Å². The summed E-state index contributed by atoms with van der Waals surface area (Å²) in [4.78, 5) is 4.65. The minimum atomic E-state index is 0.565. The summed E-state index contributed by atoms with van der Waals surface area (Å²) in [6.45, 7) is 4.70. The number of nitrogens with one attached hydrogen (secondary N) is 1. The molecule has 1 aliphatic carbocycles. The first-order valence-electron chi connectivity index (χ1n) is 6.93. The number of hydrogen-bond acceptors (Lipinski definition) is 3. The van der Waals surface area contributed by atoms with Crippen LogP contribution in [0.5, 0.6) is 0 Å². The highest BCUT2D eigenvalue weighted by atomic mass is 35.5. The van der Waals surface area contributed by atoms with Crippen LogP contribution in [-0.4, -0.2) is 11.0 Å². The third-order valence-electron chi connectivity index (χ3n) is 3.86. The molecule has 102 valence electrons. The van der Waals surface area contributed by atoms with Crippen LogP contribution in [0, 0.1) is 11.8 Å². The number of fused-ring (bicyclic) bond motifs is 1. The fourth-order valence-corrected chi connectivity index (χ4v) is 4.42. The van der Waals surface area contributed by atoms with E-state index in [1.54, 1.807) is 11.3 Å². The Hall–Kier alpha value is -0.800. The van der Waals surface area contributed by atoms with Crippen LogP contribution in [0.4, 0.5) is 5.13 Å². The van der Waals surface area contributed by atoms with E-state index >= 15 is 0 Å². The quantitative estimate of drug-likeness (QED) is 0.825. The van der Waals surface area contributed by atoms with Gasteiger partial charge < -0.3 is 5.32 Å². The lowest BCUT2D eigenvalue weighted by Crippen LogP contribution is -2.30. The van der Waals surface area contributed by atoms with Gasteiger partial charge in [-0.05, 0) is 49.3 Å². The third kappa shape index (κ3) is 3.03. The van der Waals surface area contributed by atoms with Gasteiger partial charge in [-0.25, -0.2) is 4.98 Å². The summed E-state index contributed by atoms with van der Waals surface area (Å²) in [5.41, 5.74) is 1.04. The van der Waals surface area contributed by atoms with Crippen LogP contribution in [0.15, 0.2) is 18.2 Å². The zero-order valence-electron chi connectivity index (χ0n) is 11.3. The van der Waals surface area contributed by atoms with E-state index in [2.05, 4.69) is 24.1 Å². The average Bonchev–Trinajstić information content (AvgIpc) is 2.68. The van der Waals surface area contributed by atoms with Gasteiger partial charge >= 0.3 is 0 Å². The Morgan fingerprint density at radius 1 is 1.21 bits per heavy atom. The van der Waals surface area contributed by atoms with Crippen LogP contribution in [-0.2, 0) is 0 Å². The summed E-state index contributed by atoms with van der Waals surface area (Å²) < 4.78 is 1.16. The van der Waals surface area contributed by atoms with E-state index < -0.39 is 0 Å². The van der Waals surface area contributed by atoms with Gasteiger partial charge in [-0.15, -0.1) is 0 Å². The number of nitrogens with zero attached hydrogens (tertiary/aromatic N) is 1. The summed E-state index contributed by atoms with van der Waals surface area (Å²) >= 11 is 7.72. The molecular weight excluding hydrogens is 276 g/mol. The topological polar surface area (TPSA) is 24.9 Å². The van der Waals surface area contributed by atoms with Crippen LogP contribution < -0.4 is 5.32 Å². The highest BCUT2D eigenvalue weighted by Gasteiger charge is 2.24. The molecule has 2 nitrogen and oxygen atoms in total. The Kier molecular flexibility index (Phi) is 3.68. The van der Waals surface area contributed by atoms with Gasteiger partial charge in [-0.1, -0.05) is 36.8 Å². The van der Waals surface area contributed by atoms with Gasteiger partial charge in [0.1, 0.15) is 0 Å². The van der Waals surface area contributed by atoms with Gasteiger partial charge in [0.2, 0.25) is 0 Å². The number of thiazole rings is 1. The van der Waals surface area contributed by atoms with Crippen molar-refractivity contribution in [3.05, 3.63) is 23.2 Å². The molecule has 1 fully saturated rings. The Bertz CT molecular complexity index is 571. The van der Waals surface area contributed by atoms with Crippen LogP contribution in [0.2, 0.25) is 5.02 Å². The predicted octanol–water partition coefficient (Wildman–Crippen LogP) is 5.19. The predicted molar refractivity (Wildman–Crippen MR) is 84.2 cm³/mol. The largest absolute Gasteiger partial charge is 0.359 e. The Labute approximate surface area is 123 Å². The lowest BCUT2D eigenvalue weighted by molar-refractivity contribution is 0.281. The number of benzene rings is 1. The first-order valence-corrected chi connectivity index (χ1v) is 8.12. The fraction of sp³-hybridized carbons (Fsp3) is 0.533. The molecule has 0 saturated heterocycles. The van der Waals surface area contributed by atoms with Crippen LogP contribution in [0.1, 0.15) is 33.1 Å². The van der Waals surface area contributed by atoms with Crippen molar-refractivity contribution in [3.63, 3.8) is 0 Å². The highest BCUT2D eigenvalue weighted by molar-refractivity contribution is 7.22. The number of aromatic nitrogens is 1. The maximum atomic E-state index is 6.02. The van der Waals surface area contributed by atoms with Gasteiger partial charge in [-0.3, -0.25) is 0 Å². The molecule has 0 bridgehead atoms. The van der Waals surface area contributed by atoms with Crippen molar-refractivity contribution < 1.29 is 0 Å². The van der Waals surface area contributed by atoms with E-state index in [9.17, 15) is 0 Å². The van der Waals surface area contributed by atoms with Crippen molar-refractivity contribution in [2.24, 2.45) is 11.8 Å². The standard InChI is InChI=1S/C15H19ClN2S/c1-9-5-10(2)7-12(6-9)17-15-18-13-4-3-11(16)8-14(13)19-15/h3-4,8-10,12H,5-7H2,1-2H3,(H,17,18). The molecule has 1 aromatic heterocycles. The molecule has 0 spiro atoms. The van der Waals surface area contributed by atoms with Crippen molar-refractivity contribution in [2.45, 2.75) is 39.2 Å². The second-order valence-electron chi connectivity index (χ2n) is 5.89. The van der Waals surface area contributed by atoms with Gasteiger partial charge in [0.25, 0.3) is 0 Å². The molecule has 2 atom stereocenters. The lowest BCUT2D eigenvalue weighted by Gasteiger charge is -2.31. The number of hydrogen-bond donors (Lipinski definition) is 1. The van der Waals surface area contributed by atoms with E-state index in [4.69, 9.17) is 11.6 Å². The van der Waals surface area contributed by atoms with Crippen molar-refractivity contribution in [1.82, 2.24) is 4.98 Å². The monoisotopic (exact) mass is 294 g/mol. The van der Waals surface area contributed by atoms with Crippen molar-refractivity contribution in [3.8, 4) is 0 Å². The van der Waals surface area contributed by atoms with Crippen molar-refractivity contribution >= 4 is 38.3 Å². The van der Waals surface area contributed by atoms with Crippen LogP contribution in [0.25, 0.3) is 10.2 Å². The van der Waals surface area contributed by atoms with Gasteiger partial charge in [0.15, 0.2) is 5.13 Å². The molecule has 0 radical (unpaired) electrons. The molecule has 2 unspecified atom stereocenters. The Morgan fingerprint density at radius 3 is 2.68 bits per heavy atom. The molecule has 19 heavy (non-hydrogen) atoms. The van der Waals surface area contributed by atoms with E-state index in [-0.39, 0.29) is 0 Å². The SMILES string of the molecule is CC1CC(C)CC(Nc2nc3ccc(Cl)cc3s2)C1. The van der Waals surface area contributed by atoms with E-state index in [1.165, 1.54) is 19.3 Å². The molecule has 1 heterocycles. The first kappa shape index (κ1) is 13.2. The van der Waals surface area contributed by atoms with Crippen molar-refractivity contribution in [1.29, 1.82) is 0 Å². The average molecular weight is 295 g/mol. The second-order valence-corrected chi connectivity index (χ2v) is 7.36. The van der Waals surface area contributed by atoms with Gasteiger partial charge in [0.05, 0.1) is 10.2 Å². The second kappa shape index (κ2) is 5.29. The molecule has 1 saturated carbocycles. The zero-order valence-corrected chi connectivity index (χ0v) is 12.9. The molecule has 0 aliphatic heterocycles. The summed E-state index contributed by atoms with van der Waals surface area (Å²) in [6.07, 6.45) is 3.86. The number of anilines is 1. The molecule has 1 N–H and O–H groups in total. The highest BCUT2D eigenvalue weighted by Crippen LogP contribution is 2.33. The number of rotatable bonds is 2. The lowest BCUT2D eigenvalue weighted by atomic mass is 9.80.